The molecule has 0 saturated carbocycles. The molecule has 1 aliphatic heterocycles. The molecule has 0 fully saturated rings. The Morgan fingerprint density at radius 2 is 0.875 bits per heavy atom. The summed E-state index contributed by atoms with van der Waals surface area (Å²) in [5.74, 6) is 0.706. The minimum Gasteiger partial charge on any atom is -0.308 e. The summed E-state index contributed by atoms with van der Waals surface area (Å²) in [4.78, 5) is 10.5. The van der Waals surface area contributed by atoms with Gasteiger partial charge in [0.15, 0.2) is 5.82 Å². The molecule has 8 aromatic carbocycles. The van der Waals surface area contributed by atoms with Gasteiger partial charge in [-0.1, -0.05) is 188 Å². The van der Waals surface area contributed by atoms with Crippen molar-refractivity contribution < 1.29 is 0 Å². The van der Waals surface area contributed by atoms with Gasteiger partial charge in [-0.2, -0.15) is 0 Å². The standard InChI is InChI=1S/C53H33N3/c1-3-17-34(18-4-1)47-33-48(55-52(54-47)35-19-5-2-6-20-35)39-24-8-7-21-36(39)41-26-15-30-45-50(41)56-49-32-14-11-25-40(49)42-27-16-31-46(51(42)56)53(45)43-28-12-9-22-37(43)38-23-10-13-29-44(38)53/h1-33H. The molecule has 3 heterocycles. The van der Waals surface area contributed by atoms with Crippen molar-refractivity contribution in [2.24, 2.45) is 0 Å². The van der Waals surface area contributed by atoms with Gasteiger partial charge < -0.3 is 4.57 Å². The number of para-hydroxylation sites is 3. The number of fused-ring (bicyclic) bond motifs is 12. The van der Waals surface area contributed by atoms with E-state index in [0.717, 1.165) is 39.2 Å². The summed E-state index contributed by atoms with van der Waals surface area (Å²) in [5.41, 5.74) is 18.2. The van der Waals surface area contributed by atoms with E-state index in [0.29, 0.717) is 5.82 Å². The van der Waals surface area contributed by atoms with Gasteiger partial charge in [-0.15, -0.1) is 0 Å². The molecule has 0 saturated heterocycles. The fraction of sp³-hybridized carbons (Fsp3) is 0.0189. The Labute approximate surface area is 324 Å². The van der Waals surface area contributed by atoms with Crippen LogP contribution in [0.3, 0.4) is 0 Å². The molecule has 1 aliphatic carbocycles. The van der Waals surface area contributed by atoms with Crippen LogP contribution in [0.2, 0.25) is 0 Å². The van der Waals surface area contributed by atoms with Crippen LogP contribution < -0.4 is 0 Å². The van der Waals surface area contributed by atoms with E-state index in [1.165, 1.54) is 60.9 Å². The number of nitrogens with zero attached hydrogens (tertiary/aromatic N) is 3. The summed E-state index contributed by atoms with van der Waals surface area (Å²) < 4.78 is 2.56. The zero-order chi connectivity index (χ0) is 36.8. The van der Waals surface area contributed by atoms with Crippen molar-refractivity contribution in [1.82, 2.24) is 14.5 Å². The van der Waals surface area contributed by atoms with Gasteiger partial charge in [0.1, 0.15) is 0 Å². The second-order valence-corrected chi connectivity index (χ2v) is 14.8. The fourth-order valence-electron chi connectivity index (χ4n) is 9.82. The first-order chi connectivity index (χ1) is 27.8. The molecule has 0 bridgehead atoms. The Hall–Kier alpha value is -7.36. The molecule has 2 aromatic heterocycles. The van der Waals surface area contributed by atoms with Gasteiger partial charge in [0.05, 0.1) is 33.5 Å². The van der Waals surface area contributed by atoms with Crippen molar-refractivity contribution >= 4 is 21.8 Å². The molecule has 0 N–H and O–H groups in total. The maximum atomic E-state index is 5.32. The molecule has 56 heavy (non-hydrogen) atoms. The lowest BCUT2D eigenvalue weighted by molar-refractivity contribution is 0.749. The fourth-order valence-corrected chi connectivity index (χ4v) is 9.82. The first-order valence-electron chi connectivity index (χ1n) is 19.3. The molecule has 3 nitrogen and oxygen atoms in total. The molecule has 0 unspecified atom stereocenters. The molecule has 0 amide bonds. The quantitative estimate of drug-likeness (QED) is 0.182. The second-order valence-electron chi connectivity index (χ2n) is 14.8. The maximum Gasteiger partial charge on any atom is 0.160 e. The van der Waals surface area contributed by atoms with Crippen LogP contribution in [0.1, 0.15) is 22.3 Å². The summed E-state index contributed by atoms with van der Waals surface area (Å²) in [6, 6.07) is 72.5. The second kappa shape index (κ2) is 11.8. The molecule has 1 spiro atoms. The molecule has 0 radical (unpaired) electrons. The molecule has 2 aliphatic rings. The third kappa shape index (κ3) is 4.17. The van der Waals surface area contributed by atoms with E-state index in [2.05, 4.69) is 180 Å². The molecule has 260 valence electrons. The van der Waals surface area contributed by atoms with Crippen molar-refractivity contribution in [2.45, 2.75) is 5.41 Å². The van der Waals surface area contributed by atoms with E-state index in [1.807, 2.05) is 24.3 Å². The minimum atomic E-state index is -0.521. The largest absolute Gasteiger partial charge is 0.308 e. The summed E-state index contributed by atoms with van der Waals surface area (Å²) in [6.07, 6.45) is 0. The van der Waals surface area contributed by atoms with E-state index < -0.39 is 5.41 Å². The van der Waals surface area contributed by atoms with E-state index in [1.54, 1.807) is 0 Å². The first kappa shape index (κ1) is 31.0. The highest BCUT2D eigenvalue weighted by molar-refractivity contribution is 6.13. The average molecular weight is 712 g/mol. The van der Waals surface area contributed by atoms with Gasteiger partial charge in [0.2, 0.25) is 0 Å². The number of benzene rings is 8. The summed E-state index contributed by atoms with van der Waals surface area (Å²) in [7, 11) is 0. The smallest absolute Gasteiger partial charge is 0.160 e. The summed E-state index contributed by atoms with van der Waals surface area (Å²) in [5, 5.41) is 2.52. The van der Waals surface area contributed by atoms with Gasteiger partial charge in [-0.05, 0) is 51.1 Å². The van der Waals surface area contributed by atoms with Gasteiger partial charge in [-0.3, -0.25) is 0 Å². The van der Waals surface area contributed by atoms with Crippen molar-refractivity contribution in [1.29, 1.82) is 0 Å². The zero-order valence-corrected chi connectivity index (χ0v) is 30.4. The number of hydrogen-bond acceptors (Lipinski definition) is 2. The highest BCUT2D eigenvalue weighted by Gasteiger charge is 2.51. The van der Waals surface area contributed by atoms with Gasteiger partial charge >= 0.3 is 0 Å². The monoisotopic (exact) mass is 711 g/mol. The van der Waals surface area contributed by atoms with E-state index in [4.69, 9.17) is 9.97 Å². The Kier molecular flexibility index (Phi) is 6.55. The highest BCUT2D eigenvalue weighted by atomic mass is 15.0. The van der Waals surface area contributed by atoms with Crippen molar-refractivity contribution in [3.8, 4) is 61.8 Å². The first-order valence-corrected chi connectivity index (χ1v) is 19.3. The molecule has 0 atom stereocenters. The predicted octanol–water partition coefficient (Wildman–Crippen LogP) is 12.9. The normalized spacial score (nSPS) is 13.1. The van der Waals surface area contributed by atoms with Crippen LogP contribution in [-0.2, 0) is 5.41 Å². The van der Waals surface area contributed by atoms with Crippen LogP contribution in [0.15, 0.2) is 200 Å². The minimum absolute atomic E-state index is 0.521. The molecular weight excluding hydrogens is 679 g/mol. The van der Waals surface area contributed by atoms with Crippen LogP contribution in [0, 0.1) is 0 Å². The summed E-state index contributed by atoms with van der Waals surface area (Å²) in [6.45, 7) is 0. The third-order valence-electron chi connectivity index (χ3n) is 12.0. The average Bonchev–Trinajstić information content (AvgIpc) is 3.77. The van der Waals surface area contributed by atoms with Crippen LogP contribution >= 0.6 is 0 Å². The van der Waals surface area contributed by atoms with E-state index in [9.17, 15) is 0 Å². The Balaban J connectivity index is 1.21. The van der Waals surface area contributed by atoms with Crippen LogP contribution in [0.4, 0.5) is 0 Å². The molecule has 12 rings (SSSR count). The lowest BCUT2D eigenvalue weighted by atomic mass is 9.65. The topological polar surface area (TPSA) is 30.7 Å². The lowest BCUT2D eigenvalue weighted by Crippen LogP contribution is -2.33. The van der Waals surface area contributed by atoms with Crippen LogP contribution in [0.5, 0.6) is 0 Å². The third-order valence-corrected chi connectivity index (χ3v) is 12.0. The molecule has 10 aromatic rings. The van der Waals surface area contributed by atoms with Gasteiger partial charge in [-0.25, -0.2) is 9.97 Å². The van der Waals surface area contributed by atoms with Crippen molar-refractivity contribution in [2.75, 3.05) is 0 Å². The van der Waals surface area contributed by atoms with E-state index in [-0.39, 0.29) is 0 Å². The van der Waals surface area contributed by atoms with Gasteiger partial charge in [0.25, 0.3) is 0 Å². The van der Waals surface area contributed by atoms with Crippen LogP contribution in [-0.4, -0.2) is 14.5 Å². The van der Waals surface area contributed by atoms with Crippen molar-refractivity contribution in [3.63, 3.8) is 0 Å². The Morgan fingerprint density at radius 1 is 0.357 bits per heavy atom. The Bertz CT molecular complexity index is 3090. The van der Waals surface area contributed by atoms with E-state index >= 15 is 0 Å². The SMILES string of the molecule is c1ccc(-c2cc(-c3ccccc3-c3cccc4c3-n3c5ccccc5c5cccc(c53)C43c4ccccc4-c4ccccc43)nc(-c3ccccc3)n2)cc1. The van der Waals surface area contributed by atoms with Crippen LogP contribution in [0.25, 0.3) is 83.6 Å². The zero-order valence-electron chi connectivity index (χ0n) is 30.4. The molecular formula is C53H33N3. The van der Waals surface area contributed by atoms with Crippen molar-refractivity contribution in [3.05, 3.63) is 222 Å². The summed E-state index contributed by atoms with van der Waals surface area (Å²) >= 11 is 0. The Morgan fingerprint density at radius 3 is 1.62 bits per heavy atom. The highest BCUT2D eigenvalue weighted by Crippen LogP contribution is 2.62. The number of hydrogen-bond donors (Lipinski definition) is 0. The lowest BCUT2D eigenvalue weighted by Gasteiger charge is -2.40. The van der Waals surface area contributed by atoms with Gasteiger partial charge in [0, 0.05) is 33.0 Å². The number of aromatic nitrogens is 3. The predicted molar refractivity (Wildman–Crippen MR) is 229 cm³/mol. The molecule has 3 heteroatoms. The maximum absolute atomic E-state index is 5.32. The number of rotatable bonds is 4.